The molecule has 14 heavy (non-hydrogen) atoms. The van der Waals surface area contributed by atoms with Gasteiger partial charge in [-0.15, -0.1) is 6.42 Å². The van der Waals surface area contributed by atoms with Crippen molar-refractivity contribution in [2.45, 2.75) is 26.0 Å². The molecule has 0 aromatic heterocycles. The van der Waals surface area contributed by atoms with Crippen molar-refractivity contribution in [2.24, 2.45) is 0 Å². The highest BCUT2D eigenvalue weighted by atomic mass is 16.6. The van der Waals surface area contributed by atoms with Crippen molar-refractivity contribution >= 4 is 0 Å². The monoisotopic (exact) mass is 189 g/mol. The Morgan fingerprint density at radius 3 is 2.71 bits per heavy atom. The fourth-order valence-corrected chi connectivity index (χ4v) is 1.04. The summed E-state index contributed by atoms with van der Waals surface area (Å²) in [7, 11) is 0. The quantitative estimate of drug-likeness (QED) is 0.566. The first-order valence-corrected chi connectivity index (χ1v) is 4.74. The van der Waals surface area contributed by atoms with Crippen LogP contribution in [0.15, 0.2) is 30.3 Å². The van der Waals surface area contributed by atoms with Gasteiger partial charge in [-0.25, -0.2) is 0 Å². The minimum Gasteiger partial charge on any atom is -0.296 e. The van der Waals surface area contributed by atoms with Gasteiger partial charge in [-0.3, -0.25) is 4.84 Å². The first kappa shape index (κ1) is 10.8. The Balaban J connectivity index is 2.26. The van der Waals surface area contributed by atoms with Gasteiger partial charge in [0.2, 0.25) is 0 Å². The van der Waals surface area contributed by atoms with Crippen LogP contribution >= 0.6 is 0 Å². The van der Waals surface area contributed by atoms with Gasteiger partial charge in [0, 0.05) is 0 Å². The predicted octanol–water partition coefficient (Wildman–Crippen LogP) is 2.12. The van der Waals surface area contributed by atoms with E-state index in [0.29, 0.717) is 6.61 Å². The molecule has 0 amide bonds. The molecular formula is C12H15NO. The number of hydrogen-bond donors (Lipinski definition) is 1. The van der Waals surface area contributed by atoms with Gasteiger partial charge in [0.05, 0.1) is 12.6 Å². The number of hydrogen-bond acceptors (Lipinski definition) is 2. The fraction of sp³-hybridized carbons (Fsp3) is 0.333. The van der Waals surface area contributed by atoms with Gasteiger partial charge in [-0.05, 0) is 12.0 Å². The van der Waals surface area contributed by atoms with Crippen molar-refractivity contribution in [3.63, 3.8) is 0 Å². The normalized spacial score (nSPS) is 12.0. The minimum absolute atomic E-state index is 0.00119. The number of rotatable bonds is 5. The van der Waals surface area contributed by atoms with Gasteiger partial charge in [-0.2, -0.15) is 5.48 Å². The second-order valence-electron chi connectivity index (χ2n) is 3.02. The molecule has 2 heteroatoms. The molecule has 0 aliphatic heterocycles. The molecule has 0 saturated carbocycles. The van der Waals surface area contributed by atoms with E-state index >= 15 is 0 Å². The van der Waals surface area contributed by atoms with Crippen LogP contribution in [0.3, 0.4) is 0 Å². The first-order chi connectivity index (χ1) is 6.86. The molecule has 0 spiro atoms. The van der Waals surface area contributed by atoms with Crippen LogP contribution in [0.25, 0.3) is 0 Å². The maximum Gasteiger partial charge on any atom is 0.0933 e. The zero-order valence-corrected chi connectivity index (χ0v) is 8.36. The largest absolute Gasteiger partial charge is 0.296 e. The van der Waals surface area contributed by atoms with Crippen LogP contribution in [0, 0.1) is 12.3 Å². The maximum atomic E-state index is 5.27. The van der Waals surface area contributed by atoms with Crippen LogP contribution in [0.1, 0.15) is 18.9 Å². The molecule has 1 aromatic rings. The average Bonchev–Trinajstić information content (AvgIpc) is 2.26. The predicted molar refractivity (Wildman–Crippen MR) is 57.3 cm³/mol. The van der Waals surface area contributed by atoms with Crippen molar-refractivity contribution in [3.05, 3.63) is 35.9 Å². The zero-order chi connectivity index (χ0) is 10.2. The van der Waals surface area contributed by atoms with Gasteiger partial charge >= 0.3 is 0 Å². The summed E-state index contributed by atoms with van der Waals surface area (Å²) >= 11 is 0. The summed E-state index contributed by atoms with van der Waals surface area (Å²) in [6, 6.07) is 9.97. The van der Waals surface area contributed by atoms with Gasteiger partial charge in [0.25, 0.3) is 0 Å². The SMILES string of the molecule is C#CC(CC)NOCc1ccccc1. The molecule has 0 radical (unpaired) electrons. The summed E-state index contributed by atoms with van der Waals surface area (Å²) < 4.78 is 0. The number of benzene rings is 1. The molecule has 1 aromatic carbocycles. The lowest BCUT2D eigenvalue weighted by atomic mass is 10.2. The Morgan fingerprint density at radius 2 is 2.14 bits per heavy atom. The molecule has 0 aliphatic rings. The summed E-state index contributed by atoms with van der Waals surface area (Å²) in [6.45, 7) is 2.56. The highest BCUT2D eigenvalue weighted by Gasteiger charge is 1.99. The van der Waals surface area contributed by atoms with Crippen molar-refractivity contribution < 1.29 is 4.84 Å². The number of nitrogens with one attached hydrogen (secondary N) is 1. The molecule has 0 saturated heterocycles. The fourth-order valence-electron chi connectivity index (χ4n) is 1.04. The topological polar surface area (TPSA) is 21.3 Å². The molecule has 0 heterocycles. The second-order valence-corrected chi connectivity index (χ2v) is 3.02. The third-order valence-corrected chi connectivity index (χ3v) is 1.92. The van der Waals surface area contributed by atoms with Crippen molar-refractivity contribution in [1.82, 2.24) is 5.48 Å². The summed E-state index contributed by atoms with van der Waals surface area (Å²) in [5, 5.41) is 0. The summed E-state index contributed by atoms with van der Waals surface area (Å²) in [6.07, 6.45) is 6.14. The zero-order valence-electron chi connectivity index (χ0n) is 8.36. The Hall–Kier alpha value is -1.30. The third-order valence-electron chi connectivity index (χ3n) is 1.92. The molecule has 0 bridgehead atoms. The second kappa shape index (κ2) is 6.20. The van der Waals surface area contributed by atoms with Crippen molar-refractivity contribution in [1.29, 1.82) is 0 Å². The Bertz CT molecular complexity index is 289. The van der Waals surface area contributed by atoms with Gasteiger partial charge < -0.3 is 0 Å². The average molecular weight is 189 g/mol. The van der Waals surface area contributed by atoms with E-state index in [-0.39, 0.29) is 6.04 Å². The van der Waals surface area contributed by atoms with E-state index in [1.165, 1.54) is 0 Å². The summed E-state index contributed by atoms with van der Waals surface area (Å²) in [4.78, 5) is 5.27. The molecule has 0 fully saturated rings. The molecule has 2 nitrogen and oxygen atoms in total. The molecule has 1 N–H and O–H groups in total. The highest BCUT2D eigenvalue weighted by molar-refractivity contribution is 5.13. The molecular weight excluding hydrogens is 174 g/mol. The van der Waals surface area contributed by atoms with Crippen LogP contribution in [-0.4, -0.2) is 6.04 Å². The summed E-state index contributed by atoms with van der Waals surface area (Å²) in [5.74, 6) is 2.60. The van der Waals surface area contributed by atoms with Crippen molar-refractivity contribution in [3.8, 4) is 12.3 Å². The van der Waals surface area contributed by atoms with Crippen LogP contribution in [-0.2, 0) is 11.4 Å². The van der Waals surface area contributed by atoms with Crippen LogP contribution in [0.4, 0.5) is 0 Å². The lowest BCUT2D eigenvalue weighted by molar-refractivity contribution is 0.0148. The lowest BCUT2D eigenvalue weighted by Crippen LogP contribution is -2.26. The lowest BCUT2D eigenvalue weighted by Gasteiger charge is -2.10. The first-order valence-electron chi connectivity index (χ1n) is 4.74. The third kappa shape index (κ3) is 3.61. The molecule has 0 aliphatic carbocycles. The van der Waals surface area contributed by atoms with E-state index in [2.05, 4.69) is 11.4 Å². The Labute approximate surface area is 85.2 Å². The Morgan fingerprint density at radius 1 is 1.43 bits per heavy atom. The molecule has 1 rings (SSSR count). The maximum absolute atomic E-state index is 5.27. The highest BCUT2D eigenvalue weighted by Crippen LogP contribution is 1.99. The van der Waals surface area contributed by atoms with E-state index in [9.17, 15) is 0 Å². The number of terminal acetylenes is 1. The summed E-state index contributed by atoms with van der Waals surface area (Å²) in [5.41, 5.74) is 3.96. The van der Waals surface area contributed by atoms with Crippen molar-refractivity contribution in [2.75, 3.05) is 0 Å². The standard InChI is InChI=1S/C12H15NO/c1-3-12(4-2)13-14-10-11-8-6-5-7-9-11/h1,5-9,12-13H,4,10H2,2H3. The van der Waals surface area contributed by atoms with Crippen LogP contribution in [0.5, 0.6) is 0 Å². The van der Waals surface area contributed by atoms with E-state index in [1.54, 1.807) is 0 Å². The minimum atomic E-state index is -0.00119. The Kier molecular flexibility index (Phi) is 4.77. The molecule has 1 unspecified atom stereocenters. The number of hydroxylamine groups is 1. The molecule has 1 atom stereocenters. The smallest absolute Gasteiger partial charge is 0.0933 e. The van der Waals surface area contributed by atoms with Crippen LogP contribution in [0.2, 0.25) is 0 Å². The van der Waals surface area contributed by atoms with Gasteiger partial charge in [-0.1, -0.05) is 43.2 Å². The van der Waals surface area contributed by atoms with Crippen LogP contribution < -0.4 is 5.48 Å². The van der Waals surface area contributed by atoms with E-state index in [4.69, 9.17) is 11.3 Å². The van der Waals surface area contributed by atoms with E-state index < -0.39 is 0 Å². The van der Waals surface area contributed by atoms with Gasteiger partial charge in [0.15, 0.2) is 0 Å². The van der Waals surface area contributed by atoms with Gasteiger partial charge in [0.1, 0.15) is 0 Å². The van der Waals surface area contributed by atoms with E-state index in [1.807, 2.05) is 37.3 Å². The molecule has 74 valence electrons. The van der Waals surface area contributed by atoms with E-state index in [0.717, 1.165) is 12.0 Å².